The van der Waals surface area contributed by atoms with Crippen LogP contribution in [0.2, 0.25) is 0 Å². The second kappa shape index (κ2) is 6.77. The molecule has 1 aliphatic rings. The Kier molecular flexibility index (Phi) is 5.30. The summed E-state index contributed by atoms with van der Waals surface area (Å²) in [5.41, 5.74) is 0.690. The van der Waals surface area contributed by atoms with Gasteiger partial charge in [-0.05, 0) is 31.2 Å². The second-order valence-corrected chi connectivity index (χ2v) is 6.19. The van der Waals surface area contributed by atoms with Gasteiger partial charge in [-0.2, -0.15) is 0 Å². The van der Waals surface area contributed by atoms with Crippen molar-refractivity contribution in [1.82, 2.24) is 9.80 Å². The number of thiol groups is 1. The zero-order valence-electron chi connectivity index (χ0n) is 11.1. The molecule has 1 saturated heterocycles. The van der Waals surface area contributed by atoms with Crippen LogP contribution in [0.4, 0.5) is 0 Å². The molecule has 1 aromatic carbocycles. The Morgan fingerprint density at radius 1 is 1.32 bits per heavy atom. The highest BCUT2D eigenvalue weighted by Gasteiger charge is 2.22. The van der Waals surface area contributed by atoms with E-state index >= 15 is 0 Å². The number of hydrogen-bond acceptors (Lipinski definition) is 3. The molecule has 0 radical (unpaired) electrons. The molecule has 0 atom stereocenters. The summed E-state index contributed by atoms with van der Waals surface area (Å²) in [6, 6.07) is 5.59. The molecule has 0 N–H and O–H groups in total. The van der Waals surface area contributed by atoms with Crippen LogP contribution in [0.15, 0.2) is 27.6 Å². The number of halogens is 1. The van der Waals surface area contributed by atoms with Gasteiger partial charge in [0.2, 0.25) is 0 Å². The number of carbonyl (C=O) groups excluding carboxylic acids is 1. The first-order chi connectivity index (χ1) is 9.11. The predicted molar refractivity (Wildman–Crippen MR) is 84.0 cm³/mol. The van der Waals surface area contributed by atoms with Crippen molar-refractivity contribution in [2.45, 2.75) is 18.2 Å². The molecule has 1 heterocycles. The third-order valence-corrected chi connectivity index (χ3v) is 4.25. The lowest BCUT2D eigenvalue weighted by Crippen LogP contribution is -2.48. The van der Waals surface area contributed by atoms with E-state index in [1.807, 2.05) is 23.1 Å². The Bertz CT molecular complexity index is 459. The lowest BCUT2D eigenvalue weighted by Gasteiger charge is -2.34. The van der Waals surface area contributed by atoms with E-state index in [1.165, 1.54) is 6.42 Å². The molecule has 1 fully saturated rings. The van der Waals surface area contributed by atoms with Crippen molar-refractivity contribution in [3.05, 3.63) is 28.2 Å². The zero-order valence-corrected chi connectivity index (χ0v) is 13.6. The van der Waals surface area contributed by atoms with E-state index in [1.54, 1.807) is 0 Å². The molecule has 3 nitrogen and oxygen atoms in total. The summed E-state index contributed by atoms with van der Waals surface area (Å²) in [7, 11) is 0. The molecule has 1 aromatic rings. The molecule has 104 valence electrons. The second-order valence-electron chi connectivity index (χ2n) is 4.80. The van der Waals surface area contributed by atoms with Gasteiger partial charge in [0.25, 0.3) is 5.91 Å². The molecule has 0 aromatic heterocycles. The molecule has 2 rings (SSSR count). The Morgan fingerprint density at radius 2 is 2.00 bits per heavy atom. The van der Waals surface area contributed by atoms with Gasteiger partial charge in [0.15, 0.2) is 0 Å². The highest BCUT2D eigenvalue weighted by Crippen LogP contribution is 2.21. The van der Waals surface area contributed by atoms with Crippen LogP contribution in [-0.2, 0) is 0 Å². The van der Waals surface area contributed by atoms with Crippen LogP contribution in [0.1, 0.15) is 23.7 Å². The van der Waals surface area contributed by atoms with Crippen LogP contribution < -0.4 is 0 Å². The van der Waals surface area contributed by atoms with Crippen LogP contribution in [-0.4, -0.2) is 48.4 Å². The number of nitrogens with zero attached hydrogens (tertiary/aromatic N) is 2. The number of rotatable bonds is 3. The van der Waals surface area contributed by atoms with Crippen molar-refractivity contribution in [3.63, 3.8) is 0 Å². The highest BCUT2D eigenvalue weighted by atomic mass is 79.9. The van der Waals surface area contributed by atoms with Gasteiger partial charge in [0.05, 0.1) is 5.56 Å². The summed E-state index contributed by atoms with van der Waals surface area (Å²) in [6.45, 7) is 6.87. The normalized spacial score (nSPS) is 16.7. The molecular weight excluding hydrogens is 324 g/mol. The van der Waals surface area contributed by atoms with Gasteiger partial charge in [-0.3, -0.25) is 9.69 Å². The monoisotopic (exact) mass is 342 g/mol. The quantitative estimate of drug-likeness (QED) is 0.853. The minimum absolute atomic E-state index is 0.0913. The Labute approximate surface area is 128 Å². The maximum atomic E-state index is 12.4. The Hall–Kier alpha value is -0.520. The molecule has 0 aliphatic carbocycles. The van der Waals surface area contributed by atoms with Gasteiger partial charge in [-0.25, -0.2) is 0 Å². The largest absolute Gasteiger partial charge is 0.336 e. The first-order valence-electron chi connectivity index (χ1n) is 6.62. The van der Waals surface area contributed by atoms with E-state index in [2.05, 4.69) is 40.4 Å². The zero-order chi connectivity index (χ0) is 13.8. The van der Waals surface area contributed by atoms with Gasteiger partial charge in [-0.15, -0.1) is 12.6 Å². The fourth-order valence-electron chi connectivity index (χ4n) is 2.35. The summed E-state index contributed by atoms with van der Waals surface area (Å²) in [5, 5.41) is 0. The van der Waals surface area contributed by atoms with Crippen LogP contribution >= 0.6 is 28.6 Å². The number of benzene rings is 1. The summed E-state index contributed by atoms with van der Waals surface area (Å²) in [5.74, 6) is 0.0913. The molecule has 1 amide bonds. The number of hydrogen-bond donors (Lipinski definition) is 1. The van der Waals surface area contributed by atoms with E-state index in [-0.39, 0.29) is 5.91 Å². The Morgan fingerprint density at radius 3 is 2.58 bits per heavy atom. The van der Waals surface area contributed by atoms with Crippen molar-refractivity contribution in [1.29, 1.82) is 0 Å². The topological polar surface area (TPSA) is 23.6 Å². The smallest absolute Gasteiger partial charge is 0.255 e. The van der Waals surface area contributed by atoms with E-state index in [0.717, 1.165) is 42.1 Å². The molecule has 0 bridgehead atoms. The standard InChI is InChI=1S/C14H19BrN2OS/c1-2-5-16-6-8-17(9-7-16)14(18)12-4-3-11(15)10-13(12)19/h3-4,10,19H,2,5-9H2,1H3. The Balaban J connectivity index is 2.01. The summed E-state index contributed by atoms with van der Waals surface area (Å²) < 4.78 is 0.946. The third kappa shape index (κ3) is 3.74. The average molecular weight is 343 g/mol. The predicted octanol–water partition coefficient (Wildman–Crippen LogP) is 2.91. The van der Waals surface area contributed by atoms with E-state index in [4.69, 9.17) is 0 Å². The molecule has 0 spiro atoms. The maximum absolute atomic E-state index is 12.4. The summed E-state index contributed by atoms with van der Waals surface area (Å²) >= 11 is 7.78. The lowest BCUT2D eigenvalue weighted by molar-refractivity contribution is 0.0634. The lowest BCUT2D eigenvalue weighted by atomic mass is 10.1. The van der Waals surface area contributed by atoms with Gasteiger partial charge in [0.1, 0.15) is 0 Å². The average Bonchev–Trinajstić information content (AvgIpc) is 2.39. The summed E-state index contributed by atoms with van der Waals surface area (Å²) in [6.07, 6.45) is 1.17. The molecule has 5 heteroatoms. The first kappa shape index (κ1) is 14.9. The van der Waals surface area contributed by atoms with Crippen LogP contribution in [0.5, 0.6) is 0 Å². The van der Waals surface area contributed by atoms with E-state index in [9.17, 15) is 4.79 Å². The van der Waals surface area contributed by atoms with Gasteiger partial charge in [-0.1, -0.05) is 22.9 Å². The van der Waals surface area contributed by atoms with Gasteiger partial charge < -0.3 is 4.90 Å². The maximum Gasteiger partial charge on any atom is 0.255 e. The number of carbonyl (C=O) groups is 1. The first-order valence-corrected chi connectivity index (χ1v) is 7.86. The van der Waals surface area contributed by atoms with Crippen molar-refractivity contribution in [2.75, 3.05) is 32.7 Å². The number of piperazine rings is 1. The fraction of sp³-hybridized carbons (Fsp3) is 0.500. The van der Waals surface area contributed by atoms with Crippen LogP contribution in [0, 0.1) is 0 Å². The van der Waals surface area contributed by atoms with Crippen molar-refractivity contribution in [3.8, 4) is 0 Å². The van der Waals surface area contributed by atoms with E-state index < -0.39 is 0 Å². The van der Waals surface area contributed by atoms with E-state index in [0.29, 0.717) is 5.56 Å². The van der Waals surface area contributed by atoms with Crippen molar-refractivity contribution in [2.24, 2.45) is 0 Å². The van der Waals surface area contributed by atoms with Crippen LogP contribution in [0.25, 0.3) is 0 Å². The van der Waals surface area contributed by atoms with Crippen LogP contribution in [0.3, 0.4) is 0 Å². The molecule has 19 heavy (non-hydrogen) atoms. The fourth-order valence-corrected chi connectivity index (χ4v) is 3.19. The molecule has 1 aliphatic heterocycles. The molecule has 0 saturated carbocycles. The van der Waals surface area contributed by atoms with Gasteiger partial charge in [0, 0.05) is 35.5 Å². The highest BCUT2D eigenvalue weighted by molar-refractivity contribution is 9.10. The van der Waals surface area contributed by atoms with Crippen molar-refractivity contribution < 1.29 is 4.79 Å². The number of amides is 1. The summed E-state index contributed by atoms with van der Waals surface area (Å²) in [4.78, 5) is 17.5. The van der Waals surface area contributed by atoms with Gasteiger partial charge >= 0.3 is 0 Å². The third-order valence-electron chi connectivity index (χ3n) is 3.39. The minimum atomic E-state index is 0.0913. The minimum Gasteiger partial charge on any atom is -0.336 e. The SMILES string of the molecule is CCCN1CCN(C(=O)c2ccc(Br)cc2S)CC1. The molecule has 0 unspecified atom stereocenters. The van der Waals surface area contributed by atoms with Crippen molar-refractivity contribution >= 4 is 34.5 Å². The molecular formula is C14H19BrN2OS.